The van der Waals surface area contributed by atoms with Gasteiger partial charge in [-0.3, -0.25) is 10.4 Å². The third-order valence-corrected chi connectivity index (χ3v) is 1.29. The number of hydrogen-bond acceptors (Lipinski definition) is 5. The molecule has 0 radical (unpaired) electrons. The van der Waals surface area contributed by atoms with Gasteiger partial charge in [0.2, 0.25) is 0 Å². The van der Waals surface area contributed by atoms with Crippen molar-refractivity contribution in [3.05, 3.63) is 0 Å². The summed E-state index contributed by atoms with van der Waals surface area (Å²) >= 11 is 0. The first-order chi connectivity index (χ1) is 5.13. The van der Waals surface area contributed by atoms with Gasteiger partial charge in [-0.1, -0.05) is 0 Å². The van der Waals surface area contributed by atoms with E-state index in [0.29, 0.717) is 6.54 Å². The average molecular weight is 163 g/mol. The molecule has 0 saturated carbocycles. The minimum Gasteiger partial charge on any atom is -0.309 e. The van der Waals surface area contributed by atoms with Crippen molar-refractivity contribution in [1.29, 1.82) is 0 Å². The highest BCUT2D eigenvalue weighted by molar-refractivity contribution is 4.45. The quantitative estimate of drug-likeness (QED) is 0.377. The third kappa shape index (κ3) is 9.80. The van der Waals surface area contributed by atoms with Gasteiger partial charge in [0.25, 0.3) is 0 Å². The zero-order valence-electron chi connectivity index (χ0n) is 7.12. The van der Waals surface area contributed by atoms with E-state index in [9.17, 15) is 0 Å². The number of rotatable bonds is 6. The lowest BCUT2D eigenvalue weighted by molar-refractivity contribution is -0.341. The molecule has 0 fully saturated rings. The summed E-state index contributed by atoms with van der Waals surface area (Å²) in [5.41, 5.74) is 2.35. The van der Waals surface area contributed by atoms with E-state index < -0.39 is 0 Å². The molecular formula is C6H17N3O2. The van der Waals surface area contributed by atoms with Crippen LogP contribution in [-0.4, -0.2) is 47.8 Å². The van der Waals surface area contributed by atoms with Crippen molar-refractivity contribution in [2.75, 3.05) is 27.2 Å². The van der Waals surface area contributed by atoms with Gasteiger partial charge in [0.05, 0.1) is 0 Å². The summed E-state index contributed by atoms with van der Waals surface area (Å²) in [6.07, 6.45) is 1.98. The average Bonchev–Trinajstić information content (AvgIpc) is 1.85. The molecule has 0 aromatic carbocycles. The van der Waals surface area contributed by atoms with E-state index in [1.807, 2.05) is 14.1 Å². The molecule has 11 heavy (non-hydrogen) atoms. The summed E-state index contributed by atoms with van der Waals surface area (Å²) in [4.78, 5) is 2.09. The normalized spacial score (nSPS) is 11.5. The highest BCUT2D eigenvalue weighted by Crippen LogP contribution is 1.88. The van der Waals surface area contributed by atoms with Crippen LogP contribution in [0.5, 0.6) is 0 Å². The Morgan fingerprint density at radius 3 is 2.27 bits per heavy atom. The molecule has 0 aromatic rings. The van der Waals surface area contributed by atoms with Crippen molar-refractivity contribution in [3.8, 4) is 0 Å². The predicted molar refractivity (Wildman–Crippen MR) is 41.2 cm³/mol. The Morgan fingerprint density at radius 2 is 1.82 bits per heavy atom. The number of nitrogens with one attached hydrogen (secondary N) is 1. The number of unbranched alkanes of at least 4 members (excludes halogenated alkanes) is 1. The molecule has 3 N–H and O–H groups in total. The van der Waals surface area contributed by atoms with Crippen molar-refractivity contribution in [2.45, 2.75) is 12.8 Å². The van der Waals surface area contributed by atoms with Crippen molar-refractivity contribution in [2.24, 2.45) is 0 Å². The van der Waals surface area contributed by atoms with Crippen LogP contribution in [0.1, 0.15) is 12.8 Å². The first-order valence-electron chi connectivity index (χ1n) is 3.69. The van der Waals surface area contributed by atoms with Crippen molar-refractivity contribution in [3.63, 3.8) is 0 Å². The lowest BCUT2D eigenvalue weighted by Crippen LogP contribution is -2.32. The zero-order valence-corrected chi connectivity index (χ0v) is 7.12. The second kappa shape index (κ2) is 6.51. The predicted octanol–water partition coefficient (Wildman–Crippen LogP) is -0.0868. The molecule has 5 heteroatoms. The van der Waals surface area contributed by atoms with Gasteiger partial charge >= 0.3 is 0 Å². The summed E-state index contributed by atoms with van der Waals surface area (Å²) in [7, 11) is 4.02. The largest absolute Gasteiger partial charge is 0.309 e. The van der Waals surface area contributed by atoms with E-state index >= 15 is 0 Å². The molecule has 0 rings (SSSR count). The SMILES string of the molecule is CN(C)CCCCNN(O)O. The van der Waals surface area contributed by atoms with Crippen molar-refractivity contribution < 1.29 is 10.4 Å². The first-order valence-corrected chi connectivity index (χ1v) is 3.69. The summed E-state index contributed by atoms with van der Waals surface area (Å²) < 4.78 is 0. The molecule has 0 aliphatic heterocycles. The summed E-state index contributed by atoms with van der Waals surface area (Å²) in [5.74, 6) is 0. The fraction of sp³-hybridized carbons (Fsp3) is 1.00. The van der Waals surface area contributed by atoms with E-state index in [1.165, 1.54) is 0 Å². The maximum Gasteiger partial charge on any atom is 0.0148 e. The van der Waals surface area contributed by atoms with Gasteiger partial charge in [0, 0.05) is 11.9 Å². The molecule has 0 spiro atoms. The molecule has 0 bridgehead atoms. The van der Waals surface area contributed by atoms with Gasteiger partial charge in [-0.05, 0) is 33.5 Å². The lowest BCUT2D eigenvalue weighted by Gasteiger charge is -2.10. The summed E-state index contributed by atoms with van der Waals surface area (Å²) in [6.45, 7) is 1.61. The molecule has 0 atom stereocenters. The molecule has 68 valence electrons. The molecule has 5 nitrogen and oxygen atoms in total. The minimum atomic E-state index is -0.00431. The monoisotopic (exact) mass is 163 g/mol. The second-order valence-electron chi connectivity index (χ2n) is 2.71. The Morgan fingerprint density at radius 1 is 1.18 bits per heavy atom. The van der Waals surface area contributed by atoms with E-state index in [1.54, 1.807) is 0 Å². The van der Waals surface area contributed by atoms with Gasteiger partial charge < -0.3 is 4.90 Å². The van der Waals surface area contributed by atoms with Crippen LogP contribution in [0.25, 0.3) is 0 Å². The lowest BCUT2D eigenvalue weighted by atomic mass is 10.3. The highest BCUT2D eigenvalue weighted by Gasteiger charge is 1.92. The topological polar surface area (TPSA) is 59.0 Å². The van der Waals surface area contributed by atoms with E-state index in [0.717, 1.165) is 19.4 Å². The fourth-order valence-corrected chi connectivity index (χ4v) is 0.732. The minimum absolute atomic E-state index is 0.00431. The van der Waals surface area contributed by atoms with E-state index in [-0.39, 0.29) is 5.34 Å². The van der Waals surface area contributed by atoms with Gasteiger partial charge in [-0.15, -0.1) is 0 Å². The fourth-order valence-electron chi connectivity index (χ4n) is 0.732. The molecular weight excluding hydrogens is 146 g/mol. The number of hydrazine groups is 1. The van der Waals surface area contributed by atoms with Crippen LogP contribution in [0.3, 0.4) is 0 Å². The molecule has 0 unspecified atom stereocenters. The van der Waals surface area contributed by atoms with Gasteiger partial charge in [-0.2, -0.15) is 0 Å². The molecule has 0 heterocycles. The van der Waals surface area contributed by atoms with Gasteiger partial charge in [-0.25, -0.2) is 5.43 Å². The third-order valence-electron chi connectivity index (χ3n) is 1.29. The first kappa shape index (κ1) is 10.8. The van der Waals surface area contributed by atoms with Crippen molar-refractivity contribution in [1.82, 2.24) is 15.7 Å². The molecule has 0 amide bonds. The van der Waals surface area contributed by atoms with Crippen LogP contribution in [0, 0.1) is 0 Å². The smallest absolute Gasteiger partial charge is 0.0148 e. The van der Waals surface area contributed by atoms with E-state index in [4.69, 9.17) is 10.4 Å². The standard InChI is InChI=1S/C6H17N3O2/c1-8(2)6-4-3-5-7-9(10)11/h7,10-11H,3-6H2,1-2H3. The molecule has 0 aromatic heterocycles. The van der Waals surface area contributed by atoms with Crippen LogP contribution in [0.15, 0.2) is 0 Å². The van der Waals surface area contributed by atoms with Crippen LogP contribution in [0.2, 0.25) is 0 Å². The Balaban J connectivity index is 2.91. The summed E-state index contributed by atoms with van der Waals surface area (Å²) in [6, 6.07) is 0. The van der Waals surface area contributed by atoms with Crippen LogP contribution >= 0.6 is 0 Å². The Kier molecular flexibility index (Phi) is 6.39. The van der Waals surface area contributed by atoms with Crippen LogP contribution < -0.4 is 5.43 Å². The Hall–Kier alpha value is -0.200. The van der Waals surface area contributed by atoms with E-state index in [2.05, 4.69) is 10.3 Å². The number of hydrogen-bond donors (Lipinski definition) is 3. The Labute approximate surface area is 67.1 Å². The van der Waals surface area contributed by atoms with Crippen molar-refractivity contribution >= 4 is 0 Å². The Bertz CT molecular complexity index is 77.9. The maximum absolute atomic E-state index is 8.23. The number of nitrogens with zero attached hydrogens (tertiary/aromatic N) is 2. The highest BCUT2D eigenvalue weighted by atomic mass is 16.8. The molecule has 0 aliphatic rings. The summed E-state index contributed by atoms with van der Waals surface area (Å²) in [5, 5.41) is 16.5. The zero-order chi connectivity index (χ0) is 8.69. The van der Waals surface area contributed by atoms with Crippen LogP contribution in [-0.2, 0) is 0 Å². The molecule has 0 saturated heterocycles. The molecule has 0 aliphatic carbocycles. The van der Waals surface area contributed by atoms with Gasteiger partial charge in [0.1, 0.15) is 0 Å². The van der Waals surface area contributed by atoms with Crippen LogP contribution in [0.4, 0.5) is 0 Å². The van der Waals surface area contributed by atoms with Gasteiger partial charge in [0.15, 0.2) is 0 Å². The second-order valence-corrected chi connectivity index (χ2v) is 2.71. The maximum atomic E-state index is 8.23.